The van der Waals surface area contributed by atoms with Gasteiger partial charge in [0.15, 0.2) is 4.32 Å². The number of thiocarbonyl (C=S) groups is 1. The highest BCUT2D eigenvalue weighted by Crippen LogP contribution is 2.37. The largest absolute Gasteiger partial charge is 0.488 e. The quantitative estimate of drug-likeness (QED) is 0.297. The summed E-state index contributed by atoms with van der Waals surface area (Å²) in [6.45, 7) is 0.246. The van der Waals surface area contributed by atoms with Crippen LogP contribution in [0.1, 0.15) is 27.0 Å². The van der Waals surface area contributed by atoms with Crippen LogP contribution in [0.15, 0.2) is 76.1 Å². The second-order valence-electron chi connectivity index (χ2n) is 7.12. The summed E-state index contributed by atoms with van der Waals surface area (Å²) in [5.74, 6) is -0.795. The lowest BCUT2D eigenvalue weighted by atomic mass is 10.1. The molecule has 3 aromatic rings. The highest BCUT2D eigenvalue weighted by molar-refractivity contribution is 9.10. The molecule has 0 aromatic heterocycles. The fourth-order valence-electron chi connectivity index (χ4n) is 3.25. The van der Waals surface area contributed by atoms with Crippen molar-refractivity contribution in [3.63, 3.8) is 0 Å². The number of aromatic carboxylic acids is 1. The normalized spacial score (nSPS) is 14.4. The number of thioether (sulfide) groups is 1. The molecule has 0 atom stereocenters. The van der Waals surface area contributed by atoms with E-state index >= 15 is 0 Å². The van der Waals surface area contributed by atoms with Crippen molar-refractivity contribution >= 4 is 67.9 Å². The third-order valence-electron chi connectivity index (χ3n) is 4.92. The van der Waals surface area contributed by atoms with Gasteiger partial charge < -0.3 is 9.84 Å². The van der Waals surface area contributed by atoms with Gasteiger partial charge in [-0.2, -0.15) is 5.26 Å². The Morgan fingerprint density at radius 3 is 2.71 bits per heavy atom. The predicted octanol–water partition coefficient (Wildman–Crippen LogP) is 6.00. The van der Waals surface area contributed by atoms with Crippen molar-refractivity contribution < 1.29 is 19.4 Å². The van der Waals surface area contributed by atoms with Gasteiger partial charge in [0, 0.05) is 5.56 Å². The van der Waals surface area contributed by atoms with Crippen molar-refractivity contribution in [3.05, 3.63) is 98.4 Å². The highest BCUT2D eigenvalue weighted by atomic mass is 79.9. The van der Waals surface area contributed by atoms with E-state index in [1.54, 1.807) is 36.4 Å². The van der Waals surface area contributed by atoms with Gasteiger partial charge in [-0.1, -0.05) is 54.3 Å². The third-order valence-corrected chi connectivity index (χ3v) is 6.84. The highest BCUT2D eigenvalue weighted by Gasteiger charge is 2.33. The molecule has 1 aliphatic rings. The summed E-state index contributed by atoms with van der Waals surface area (Å²) in [6.07, 6.45) is 1.72. The number of hydrogen-bond acceptors (Lipinski definition) is 6. The molecule has 4 rings (SSSR count). The molecule has 0 saturated carbocycles. The number of rotatable bonds is 6. The van der Waals surface area contributed by atoms with E-state index in [2.05, 4.69) is 22.0 Å². The van der Waals surface area contributed by atoms with Gasteiger partial charge in [-0.05, 0) is 64.0 Å². The van der Waals surface area contributed by atoms with E-state index in [-0.39, 0.29) is 18.1 Å². The average Bonchev–Trinajstić information content (AvgIpc) is 3.11. The van der Waals surface area contributed by atoms with Crippen LogP contribution in [0, 0.1) is 11.3 Å². The van der Waals surface area contributed by atoms with Gasteiger partial charge in [0.2, 0.25) is 0 Å². The summed E-state index contributed by atoms with van der Waals surface area (Å²) < 4.78 is 6.89. The summed E-state index contributed by atoms with van der Waals surface area (Å²) in [5.41, 5.74) is 2.60. The fourth-order valence-corrected chi connectivity index (χ4v) is 5.06. The zero-order valence-corrected chi connectivity index (χ0v) is 20.6. The van der Waals surface area contributed by atoms with Gasteiger partial charge in [-0.25, -0.2) is 4.79 Å². The standard InChI is InChI=1S/C25H15BrN2O4S2/c26-20-10-15(8-9-21(20)32-14-18-5-2-1-4-17(18)13-27)11-22-23(29)28(25(33)34-22)19-7-3-6-16(12-19)24(30)31/h1-12H,14H2,(H,30,31)/b22-11+. The summed E-state index contributed by atoms with van der Waals surface area (Å²) >= 11 is 10.0. The Hall–Kier alpha value is -3.45. The Balaban J connectivity index is 1.52. The van der Waals surface area contributed by atoms with E-state index in [0.29, 0.717) is 30.7 Å². The number of carbonyl (C=O) groups is 2. The molecular formula is C25H15BrN2O4S2. The van der Waals surface area contributed by atoms with Crippen LogP contribution in [0.5, 0.6) is 5.75 Å². The predicted molar refractivity (Wildman–Crippen MR) is 139 cm³/mol. The number of carboxylic acid groups (broad SMARTS) is 1. The van der Waals surface area contributed by atoms with Gasteiger partial charge >= 0.3 is 5.97 Å². The molecule has 1 heterocycles. The minimum absolute atomic E-state index is 0.0763. The molecule has 6 nitrogen and oxygen atoms in total. The van der Waals surface area contributed by atoms with Gasteiger partial charge in [0.05, 0.1) is 32.3 Å². The first-order valence-corrected chi connectivity index (χ1v) is 11.9. The Kier molecular flexibility index (Phi) is 7.12. The molecule has 0 spiro atoms. The molecule has 1 N–H and O–H groups in total. The number of amides is 1. The van der Waals surface area contributed by atoms with Crippen molar-refractivity contribution in [2.45, 2.75) is 6.61 Å². The molecule has 3 aromatic carbocycles. The van der Waals surface area contributed by atoms with Crippen LogP contribution in [0.2, 0.25) is 0 Å². The van der Waals surface area contributed by atoms with Crippen LogP contribution in [0.25, 0.3) is 6.08 Å². The van der Waals surface area contributed by atoms with Crippen LogP contribution in [0.4, 0.5) is 5.69 Å². The van der Waals surface area contributed by atoms with Crippen LogP contribution in [-0.4, -0.2) is 21.3 Å². The minimum atomic E-state index is -1.08. The second-order valence-corrected chi connectivity index (χ2v) is 9.65. The van der Waals surface area contributed by atoms with Crippen LogP contribution < -0.4 is 9.64 Å². The van der Waals surface area contributed by atoms with Crippen molar-refractivity contribution in [1.29, 1.82) is 5.26 Å². The lowest BCUT2D eigenvalue weighted by Gasteiger charge is -2.14. The summed E-state index contributed by atoms with van der Waals surface area (Å²) in [7, 11) is 0. The molecule has 9 heteroatoms. The van der Waals surface area contributed by atoms with Gasteiger partial charge in [0.25, 0.3) is 5.91 Å². The van der Waals surface area contributed by atoms with E-state index in [0.717, 1.165) is 22.9 Å². The second kappa shape index (κ2) is 10.2. The Bertz CT molecular complexity index is 1400. The number of benzene rings is 3. The molecule has 1 saturated heterocycles. The molecule has 1 fully saturated rings. The van der Waals surface area contributed by atoms with E-state index in [4.69, 9.17) is 17.0 Å². The zero-order valence-electron chi connectivity index (χ0n) is 17.4. The number of hydrogen-bond donors (Lipinski definition) is 1. The van der Waals surface area contributed by atoms with E-state index in [1.807, 2.05) is 24.3 Å². The Labute approximate surface area is 213 Å². The van der Waals surface area contributed by atoms with Crippen molar-refractivity contribution in [2.24, 2.45) is 0 Å². The van der Waals surface area contributed by atoms with Gasteiger partial charge in [0.1, 0.15) is 12.4 Å². The first-order chi connectivity index (χ1) is 16.4. The van der Waals surface area contributed by atoms with E-state index < -0.39 is 5.97 Å². The summed E-state index contributed by atoms with van der Waals surface area (Å²) in [5, 5.41) is 18.4. The molecule has 1 aliphatic heterocycles. The Morgan fingerprint density at radius 1 is 1.18 bits per heavy atom. The molecule has 0 unspecified atom stereocenters. The summed E-state index contributed by atoms with van der Waals surface area (Å²) in [6, 6.07) is 20.9. The van der Waals surface area contributed by atoms with Crippen LogP contribution in [0.3, 0.4) is 0 Å². The smallest absolute Gasteiger partial charge is 0.335 e. The molecular weight excluding hydrogens is 536 g/mol. The molecule has 0 radical (unpaired) electrons. The van der Waals surface area contributed by atoms with Crippen molar-refractivity contribution in [1.82, 2.24) is 0 Å². The first-order valence-electron chi connectivity index (χ1n) is 9.89. The monoisotopic (exact) mass is 550 g/mol. The maximum absolute atomic E-state index is 13.0. The number of carbonyl (C=O) groups excluding carboxylic acids is 1. The molecule has 168 valence electrons. The lowest BCUT2D eigenvalue weighted by Crippen LogP contribution is -2.27. The molecule has 0 bridgehead atoms. The van der Waals surface area contributed by atoms with E-state index in [9.17, 15) is 20.0 Å². The number of carboxylic acids is 1. The molecule has 0 aliphatic carbocycles. The molecule has 1 amide bonds. The zero-order chi connectivity index (χ0) is 24.2. The SMILES string of the molecule is N#Cc1ccccc1COc1ccc(/C=C2/SC(=S)N(c3cccc(C(=O)O)c3)C2=O)cc1Br. The number of nitrogens with zero attached hydrogens (tertiary/aromatic N) is 2. The van der Waals surface area contributed by atoms with Crippen molar-refractivity contribution in [3.8, 4) is 11.8 Å². The fraction of sp³-hybridized carbons (Fsp3) is 0.0400. The van der Waals surface area contributed by atoms with Crippen LogP contribution in [-0.2, 0) is 11.4 Å². The van der Waals surface area contributed by atoms with Gasteiger partial charge in [-0.15, -0.1) is 0 Å². The minimum Gasteiger partial charge on any atom is -0.488 e. The maximum Gasteiger partial charge on any atom is 0.335 e. The number of halogens is 1. The van der Waals surface area contributed by atoms with Gasteiger partial charge in [-0.3, -0.25) is 9.69 Å². The van der Waals surface area contributed by atoms with E-state index in [1.165, 1.54) is 17.0 Å². The number of anilines is 1. The summed E-state index contributed by atoms with van der Waals surface area (Å²) in [4.78, 5) is 26.0. The third kappa shape index (κ3) is 5.04. The number of ether oxygens (including phenoxy) is 1. The Morgan fingerprint density at radius 2 is 1.97 bits per heavy atom. The first kappa shape index (κ1) is 23.7. The lowest BCUT2D eigenvalue weighted by molar-refractivity contribution is -0.113. The average molecular weight is 551 g/mol. The number of nitriles is 1. The van der Waals surface area contributed by atoms with Crippen molar-refractivity contribution in [2.75, 3.05) is 4.90 Å². The topological polar surface area (TPSA) is 90.6 Å². The molecule has 34 heavy (non-hydrogen) atoms. The van der Waals surface area contributed by atoms with Crippen LogP contribution >= 0.6 is 39.9 Å². The maximum atomic E-state index is 13.0.